The summed E-state index contributed by atoms with van der Waals surface area (Å²) in [5.41, 5.74) is 0.326. The molecule has 0 fully saturated rings. The van der Waals surface area contributed by atoms with Gasteiger partial charge in [-0.1, -0.05) is 0 Å². The van der Waals surface area contributed by atoms with Gasteiger partial charge in [-0.25, -0.2) is 0 Å². The molecule has 0 aromatic heterocycles. The smallest absolute Gasteiger partial charge is 0.316 e. The molecule has 2 aromatic rings. The summed E-state index contributed by atoms with van der Waals surface area (Å²) in [6.45, 7) is 5.29. The molecule has 0 saturated carbocycles. The van der Waals surface area contributed by atoms with E-state index in [0.29, 0.717) is 39.9 Å². The molecule has 0 amide bonds. The van der Waals surface area contributed by atoms with Gasteiger partial charge in [-0.15, -0.1) is 0 Å². The van der Waals surface area contributed by atoms with Crippen LogP contribution in [-0.4, -0.2) is 33.1 Å². The maximum atomic E-state index is 12.8. The van der Waals surface area contributed by atoms with Gasteiger partial charge in [0.05, 0.1) is 32.3 Å². The SMILES string of the molecule is COc1cc(OC)c(OC)cc1C=C1Oc2cc(OC(=O)C(C)(C)C)ccc2C1=O. The molecule has 0 radical (unpaired) electrons. The molecule has 2 aromatic carbocycles. The highest BCUT2D eigenvalue weighted by atomic mass is 16.5. The van der Waals surface area contributed by atoms with Gasteiger partial charge in [0.2, 0.25) is 5.78 Å². The largest absolute Gasteiger partial charge is 0.496 e. The minimum atomic E-state index is -0.648. The predicted molar refractivity (Wildman–Crippen MR) is 111 cm³/mol. The van der Waals surface area contributed by atoms with E-state index in [-0.39, 0.29) is 17.5 Å². The standard InChI is InChI=1S/C23H24O7/c1-23(2,3)22(25)29-14-7-8-15-17(11-14)30-20(21(15)24)10-13-9-18(27-5)19(28-6)12-16(13)26-4/h7-12H,1-6H3. The van der Waals surface area contributed by atoms with Gasteiger partial charge < -0.3 is 23.7 Å². The van der Waals surface area contributed by atoms with Crippen LogP contribution in [0, 0.1) is 5.41 Å². The number of rotatable bonds is 5. The monoisotopic (exact) mass is 412 g/mol. The molecule has 158 valence electrons. The van der Waals surface area contributed by atoms with Crippen LogP contribution in [0.25, 0.3) is 6.08 Å². The third kappa shape index (κ3) is 4.10. The first kappa shape index (κ1) is 21.2. The van der Waals surface area contributed by atoms with E-state index in [9.17, 15) is 9.59 Å². The third-order valence-corrected chi connectivity index (χ3v) is 4.49. The second kappa shape index (κ2) is 8.10. The summed E-state index contributed by atoms with van der Waals surface area (Å²) in [5.74, 6) is 1.58. The summed E-state index contributed by atoms with van der Waals surface area (Å²) in [4.78, 5) is 24.9. The van der Waals surface area contributed by atoms with Gasteiger partial charge in [0.25, 0.3) is 0 Å². The molecule has 0 N–H and O–H groups in total. The maximum absolute atomic E-state index is 12.8. The van der Waals surface area contributed by atoms with Crippen LogP contribution in [-0.2, 0) is 4.79 Å². The van der Waals surface area contributed by atoms with E-state index in [1.54, 1.807) is 51.1 Å². The molecule has 0 spiro atoms. The minimum absolute atomic E-state index is 0.120. The number of carbonyl (C=O) groups is 2. The molecule has 7 heteroatoms. The Kier molecular flexibility index (Phi) is 5.73. The van der Waals surface area contributed by atoms with Crippen molar-refractivity contribution in [3.05, 3.63) is 47.2 Å². The Labute approximate surface area is 175 Å². The second-order valence-electron chi connectivity index (χ2n) is 7.69. The number of fused-ring (bicyclic) bond motifs is 1. The maximum Gasteiger partial charge on any atom is 0.316 e. The fourth-order valence-corrected chi connectivity index (χ4v) is 2.80. The van der Waals surface area contributed by atoms with Crippen molar-refractivity contribution in [2.24, 2.45) is 5.41 Å². The molecule has 0 atom stereocenters. The Hall–Kier alpha value is -3.48. The van der Waals surface area contributed by atoms with Gasteiger partial charge in [0, 0.05) is 17.7 Å². The fourth-order valence-electron chi connectivity index (χ4n) is 2.80. The van der Waals surface area contributed by atoms with Crippen molar-refractivity contribution in [3.8, 4) is 28.7 Å². The molecular weight excluding hydrogens is 388 g/mol. The van der Waals surface area contributed by atoms with Gasteiger partial charge in [-0.3, -0.25) is 9.59 Å². The Morgan fingerprint density at radius 3 is 2.17 bits per heavy atom. The number of hydrogen-bond donors (Lipinski definition) is 0. The van der Waals surface area contributed by atoms with Gasteiger partial charge >= 0.3 is 5.97 Å². The van der Waals surface area contributed by atoms with Crippen LogP contribution in [0.5, 0.6) is 28.7 Å². The first-order valence-corrected chi connectivity index (χ1v) is 9.28. The van der Waals surface area contributed by atoms with Crippen molar-refractivity contribution < 1.29 is 33.3 Å². The average Bonchev–Trinajstić information content (AvgIpc) is 3.01. The Morgan fingerprint density at radius 2 is 1.57 bits per heavy atom. The van der Waals surface area contributed by atoms with E-state index >= 15 is 0 Å². The molecule has 1 aliphatic heterocycles. The van der Waals surface area contributed by atoms with Crippen molar-refractivity contribution in [1.29, 1.82) is 0 Å². The number of esters is 1. The summed E-state index contributed by atoms with van der Waals surface area (Å²) < 4.78 is 27.1. The first-order chi connectivity index (χ1) is 14.2. The van der Waals surface area contributed by atoms with Crippen LogP contribution in [0.3, 0.4) is 0 Å². The molecular formula is C23H24O7. The molecule has 3 rings (SSSR count). The van der Waals surface area contributed by atoms with Crippen molar-refractivity contribution in [2.45, 2.75) is 20.8 Å². The lowest BCUT2D eigenvalue weighted by Gasteiger charge is -2.16. The quantitative estimate of drug-likeness (QED) is 0.412. The highest BCUT2D eigenvalue weighted by Gasteiger charge is 2.30. The van der Waals surface area contributed by atoms with Crippen LogP contribution in [0.1, 0.15) is 36.7 Å². The zero-order valence-electron chi connectivity index (χ0n) is 17.8. The Bertz CT molecular complexity index is 1030. The minimum Gasteiger partial charge on any atom is -0.496 e. The van der Waals surface area contributed by atoms with Crippen LogP contribution < -0.4 is 23.7 Å². The van der Waals surface area contributed by atoms with E-state index in [2.05, 4.69) is 0 Å². The highest BCUT2D eigenvalue weighted by molar-refractivity contribution is 6.14. The van der Waals surface area contributed by atoms with E-state index in [4.69, 9.17) is 23.7 Å². The van der Waals surface area contributed by atoms with E-state index < -0.39 is 5.41 Å². The van der Waals surface area contributed by atoms with E-state index in [1.807, 2.05) is 0 Å². The molecule has 1 heterocycles. The Balaban J connectivity index is 1.93. The number of methoxy groups -OCH3 is 3. The molecule has 0 saturated heterocycles. The Morgan fingerprint density at radius 1 is 0.933 bits per heavy atom. The summed E-state index contributed by atoms with van der Waals surface area (Å²) in [7, 11) is 4.57. The molecule has 7 nitrogen and oxygen atoms in total. The molecule has 0 bridgehead atoms. The van der Waals surface area contributed by atoms with Crippen LogP contribution in [0.2, 0.25) is 0 Å². The number of ketones is 1. The summed E-state index contributed by atoms with van der Waals surface area (Å²) in [5, 5.41) is 0. The van der Waals surface area contributed by atoms with Gasteiger partial charge in [-0.05, 0) is 45.0 Å². The van der Waals surface area contributed by atoms with Crippen molar-refractivity contribution >= 4 is 17.8 Å². The number of allylic oxidation sites excluding steroid dienone is 1. The lowest BCUT2D eigenvalue weighted by molar-refractivity contribution is -0.143. The third-order valence-electron chi connectivity index (χ3n) is 4.49. The lowest BCUT2D eigenvalue weighted by Crippen LogP contribution is -2.25. The zero-order chi connectivity index (χ0) is 22.1. The lowest BCUT2D eigenvalue weighted by atomic mass is 9.97. The van der Waals surface area contributed by atoms with Gasteiger partial charge in [0.1, 0.15) is 17.2 Å². The van der Waals surface area contributed by atoms with Crippen LogP contribution >= 0.6 is 0 Å². The van der Waals surface area contributed by atoms with Crippen molar-refractivity contribution in [3.63, 3.8) is 0 Å². The molecule has 0 unspecified atom stereocenters. The topological polar surface area (TPSA) is 80.3 Å². The van der Waals surface area contributed by atoms with Crippen molar-refractivity contribution in [1.82, 2.24) is 0 Å². The number of benzene rings is 2. The van der Waals surface area contributed by atoms with Gasteiger partial charge in [0.15, 0.2) is 17.3 Å². The molecule has 1 aliphatic rings. The molecule has 30 heavy (non-hydrogen) atoms. The molecule has 0 aliphatic carbocycles. The summed E-state index contributed by atoms with van der Waals surface area (Å²) >= 11 is 0. The normalized spacial score (nSPS) is 14.2. The first-order valence-electron chi connectivity index (χ1n) is 9.28. The fraction of sp³-hybridized carbons (Fsp3) is 0.304. The van der Waals surface area contributed by atoms with Crippen molar-refractivity contribution in [2.75, 3.05) is 21.3 Å². The van der Waals surface area contributed by atoms with E-state index in [0.717, 1.165) is 0 Å². The predicted octanol–water partition coefficient (Wildman–Crippen LogP) is 4.28. The number of hydrogen-bond acceptors (Lipinski definition) is 7. The van der Waals surface area contributed by atoms with Crippen LogP contribution in [0.4, 0.5) is 0 Å². The average molecular weight is 412 g/mol. The van der Waals surface area contributed by atoms with Crippen LogP contribution in [0.15, 0.2) is 36.1 Å². The highest BCUT2D eigenvalue weighted by Crippen LogP contribution is 2.39. The number of ether oxygens (including phenoxy) is 5. The zero-order valence-corrected chi connectivity index (χ0v) is 17.8. The summed E-state index contributed by atoms with van der Waals surface area (Å²) in [6.07, 6.45) is 1.57. The number of Topliss-reactive ketones (excluding diaryl/α,β-unsaturated/α-hetero) is 1. The van der Waals surface area contributed by atoms with Gasteiger partial charge in [-0.2, -0.15) is 0 Å². The summed E-state index contributed by atoms with van der Waals surface area (Å²) in [6, 6.07) is 8.05. The second-order valence-corrected chi connectivity index (χ2v) is 7.69. The number of carbonyl (C=O) groups excluding carboxylic acids is 2. The van der Waals surface area contributed by atoms with E-state index in [1.165, 1.54) is 27.4 Å².